The predicted molar refractivity (Wildman–Crippen MR) is 80.3 cm³/mol. The normalized spacial score (nSPS) is 15.7. The van der Waals surface area contributed by atoms with Crippen molar-refractivity contribution in [3.05, 3.63) is 0 Å². The van der Waals surface area contributed by atoms with Crippen LogP contribution in [0.15, 0.2) is 0 Å². The molecule has 0 spiro atoms. The first-order valence-electron chi connectivity index (χ1n) is 7.51. The van der Waals surface area contributed by atoms with Gasteiger partial charge >= 0.3 is 5.97 Å². The molecule has 0 aliphatic carbocycles. The Kier molecular flexibility index (Phi) is 8.46. The zero-order valence-corrected chi connectivity index (χ0v) is 13.2. The molecule has 0 radical (unpaired) electrons. The lowest BCUT2D eigenvalue weighted by Crippen LogP contribution is -2.52. The highest BCUT2D eigenvalue weighted by atomic mass is 16.4. The van der Waals surface area contributed by atoms with E-state index >= 15 is 0 Å². The molecular weight excluding hydrogens is 256 g/mol. The van der Waals surface area contributed by atoms with Gasteiger partial charge in [-0.1, -0.05) is 27.2 Å². The van der Waals surface area contributed by atoms with E-state index in [2.05, 4.69) is 19.2 Å². The smallest absolute Gasteiger partial charge is 0.329 e. The summed E-state index contributed by atoms with van der Waals surface area (Å²) in [5.74, 6) is -0.276. The quantitative estimate of drug-likeness (QED) is 0.573. The number of amides is 1. The second-order valence-electron chi connectivity index (χ2n) is 6.06. The summed E-state index contributed by atoms with van der Waals surface area (Å²) in [5.41, 5.74) is 4.42. The molecule has 20 heavy (non-hydrogen) atoms. The van der Waals surface area contributed by atoms with E-state index in [0.717, 1.165) is 12.8 Å². The van der Waals surface area contributed by atoms with Gasteiger partial charge in [0.15, 0.2) is 0 Å². The van der Waals surface area contributed by atoms with Crippen LogP contribution in [0.4, 0.5) is 0 Å². The van der Waals surface area contributed by atoms with Crippen LogP contribution >= 0.6 is 0 Å². The van der Waals surface area contributed by atoms with Gasteiger partial charge in [0.1, 0.15) is 5.54 Å². The Labute approximate surface area is 122 Å². The van der Waals surface area contributed by atoms with Crippen molar-refractivity contribution in [3.63, 3.8) is 0 Å². The summed E-state index contributed by atoms with van der Waals surface area (Å²) < 4.78 is 0. The van der Waals surface area contributed by atoms with Gasteiger partial charge in [-0.05, 0) is 44.6 Å². The average Bonchev–Trinajstić information content (AvgIpc) is 2.34. The topological polar surface area (TPSA) is 92.4 Å². The number of carbonyl (C=O) groups is 2. The molecule has 0 aromatic carbocycles. The minimum Gasteiger partial charge on any atom is -0.480 e. The molecule has 4 N–H and O–H groups in total. The van der Waals surface area contributed by atoms with E-state index in [9.17, 15) is 14.7 Å². The van der Waals surface area contributed by atoms with Crippen molar-refractivity contribution in [1.82, 2.24) is 5.32 Å². The Morgan fingerprint density at radius 2 is 1.90 bits per heavy atom. The van der Waals surface area contributed by atoms with Crippen molar-refractivity contribution < 1.29 is 14.7 Å². The molecule has 0 aliphatic rings. The minimum absolute atomic E-state index is 0.189. The largest absolute Gasteiger partial charge is 0.480 e. The molecule has 0 bridgehead atoms. The number of carbonyl (C=O) groups excluding carboxylic acids is 1. The zero-order valence-electron chi connectivity index (χ0n) is 13.2. The molecule has 0 aromatic heterocycles. The van der Waals surface area contributed by atoms with Crippen LogP contribution in [0.2, 0.25) is 0 Å². The Balaban J connectivity index is 4.43. The fourth-order valence-corrected chi connectivity index (χ4v) is 2.43. The number of nitrogens with one attached hydrogen (secondary N) is 1. The molecular formula is C15H30N2O3. The molecule has 2 unspecified atom stereocenters. The lowest BCUT2D eigenvalue weighted by atomic mass is 9.88. The number of aliphatic carboxylic acids is 1. The molecule has 2 atom stereocenters. The highest BCUT2D eigenvalue weighted by Gasteiger charge is 2.33. The number of carboxylic acid groups (broad SMARTS) is 1. The fourth-order valence-electron chi connectivity index (χ4n) is 2.43. The fraction of sp³-hybridized carbons (Fsp3) is 0.867. The number of rotatable bonds is 10. The van der Waals surface area contributed by atoms with E-state index in [0.29, 0.717) is 37.6 Å². The van der Waals surface area contributed by atoms with Crippen molar-refractivity contribution in [3.8, 4) is 0 Å². The van der Waals surface area contributed by atoms with Gasteiger partial charge in [0.2, 0.25) is 5.91 Å². The third-order valence-corrected chi connectivity index (χ3v) is 3.86. The van der Waals surface area contributed by atoms with Crippen LogP contribution in [0.1, 0.15) is 59.8 Å². The van der Waals surface area contributed by atoms with E-state index in [1.165, 1.54) is 0 Å². The molecule has 0 saturated carbocycles. The zero-order chi connectivity index (χ0) is 15.8. The molecule has 118 valence electrons. The van der Waals surface area contributed by atoms with E-state index in [1.807, 2.05) is 6.92 Å². The first-order valence-corrected chi connectivity index (χ1v) is 7.51. The van der Waals surface area contributed by atoms with Gasteiger partial charge in [0.25, 0.3) is 0 Å². The Bertz CT molecular complexity index is 318. The van der Waals surface area contributed by atoms with Gasteiger partial charge in [-0.25, -0.2) is 4.79 Å². The third-order valence-electron chi connectivity index (χ3n) is 3.86. The van der Waals surface area contributed by atoms with Crippen LogP contribution in [-0.2, 0) is 9.59 Å². The van der Waals surface area contributed by atoms with Crippen molar-refractivity contribution in [1.29, 1.82) is 0 Å². The van der Waals surface area contributed by atoms with Crippen LogP contribution in [0.25, 0.3) is 0 Å². The van der Waals surface area contributed by atoms with E-state index in [1.54, 1.807) is 6.92 Å². The second kappa shape index (κ2) is 8.95. The Hall–Kier alpha value is -1.10. The third kappa shape index (κ3) is 6.37. The van der Waals surface area contributed by atoms with Gasteiger partial charge in [0.05, 0.1) is 0 Å². The predicted octanol–water partition coefficient (Wildman–Crippen LogP) is 2.15. The number of carboxylic acids is 1. The second-order valence-corrected chi connectivity index (χ2v) is 6.06. The van der Waals surface area contributed by atoms with Crippen LogP contribution in [0.3, 0.4) is 0 Å². The van der Waals surface area contributed by atoms with E-state index in [4.69, 9.17) is 5.73 Å². The minimum atomic E-state index is -1.16. The van der Waals surface area contributed by atoms with Crippen LogP contribution in [-0.4, -0.2) is 29.1 Å². The number of nitrogens with two attached hydrogens (primary N) is 1. The molecule has 0 heterocycles. The summed E-state index contributed by atoms with van der Waals surface area (Å²) in [6, 6.07) is 0. The summed E-state index contributed by atoms with van der Waals surface area (Å²) in [6.07, 6.45) is 3.16. The lowest BCUT2D eigenvalue weighted by Gasteiger charge is -2.26. The molecule has 1 amide bonds. The van der Waals surface area contributed by atoms with Gasteiger partial charge in [-0.2, -0.15) is 0 Å². The molecule has 0 aliphatic heterocycles. The summed E-state index contributed by atoms with van der Waals surface area (Å²) in [4.78, 5) is 23.2. The van der Waals surface area contributed by atoms with E-state index < -0.39 is 11.5 Å². The van der Waals surface area contributed by atoms with Crippen molar-refractivity contribution in [2.45, 2.75) is 65.3 Å². The van der Waals surface area contributed by atoms with Crippen molar-refractivity contribution in [2.75, 3.05) is 6.54 Å². The highest BCUT2D eigenvalue weighted by Crippen LogP contribution is 2.21. The molecule has 0 fully saturated rings. The average molecular weight is 286 g/mol. The van der Waals surface area contributed by atoms with Gasteiger partial charge < -0.3 is 16.2 Å². The summed E-state index contributed by atoms with van der Waals surface area (Å²) in [7, 11) is 0. The van der Waals surface area contributed by atoms with Gasteiger partial charge in [-0.15, -0.1) is 0 Å². The van der Waals surface area contributed by atoms with Crippen LogP contribution in [0, 0.1) is 11.8 Å². The van der Waals surface area contributed by atoms with Crippen LogP contribution in [0.5, 0.6) is 0 Å². The SMILES string of the molecule is CCCC(C)(NC(=O)CCC(CCN)C(C)C)C(=O)O. The maximum atomic E-state index is 12.0. The summed E-state index contributed by atoms with van der Waals surface area (Å²) in [5, 5.41) is 11.9. The van der Waals surface area contributed by atoms with Crippen molar-refractivity contribution >= 4 is 11.9 Å². The van der Waals surface area contributed by atoms with Crippen LogP contribution < -0.4 is 11.1 Å². The first-order chi connectivity index (χ1) is 9.26. The monoisotopic (exact) mass is 286 g/mol. The van der Waals surface area contributed by atoms with Crippen molar-refractivity contribution in [2.24, 2.45) is 17.6 Å². The molecule has 0 rings (SSSR count). The summed E-state index contributed by atoms with van der Waals surface area (Å²) in [6.45, 7) is 8.33. The maximum absolute atomic E-state index is 12.0. The first kappa shape index (κ1) is 18.9. The molecule has 5 heteroatoms. The Morgan fingerprint density at radius 3 is 2.30 bits per heavy atom. The lowest BCUT2D eigenvalue weighted by molar-refractivity contribution is -0.147. The highest BCUT2D eigenvalue weighted by molar-refractivity contribution is 5.86. The summed E-state index contributed by atoms with van der Waals surface area (Å²) >= 11 is 0. The molecule has 5 nitrogen and oxygen atoms in total. The molecule has 0 aromatic rings. The van der Waals surface area contributed by atoms with Gasteiger partial charge in [-0.3, -0.25) is 4.79 Å². The van der Waals surface area contributed by atoms with Gasteiger partial charge in [0, 0.05) is 6.42 Å². The number of hydrogen-bond donors (Lipinski definition) is 3. The van der Waals surface area contributed by atoms with E-state index in [-0.39, 0.29) is 5.91 Å². The maximum Gasteiger partial charge on any atom is 0.329 e. The Morgan fingerprint density at radius 1 is 1.30 bits per heavy atom. The number of hydrogen-bond acceptors (Lipinski definition) is 3. The standard InChI is InChI=1S/C15H30N2O3/c1-5-9-15(4,14(19)20)17-13(18)7-6-12(8-10-16)11(2)3/h11-12H,5-10,16H2,1-4H3,(H,17,18)(H,19,20). The molecule has 0 saturated heterocycles.